The van der Waals surface area contributed by atoms with E-state index in [9.17, 15) is 34.6 Å². The van der Waals surface area contributed by atoms with Gasteiger partial charge in [0.1, 0.15) is 18.3 Å². The molecule has 2 rings (SSSR count). The maximum Gasteiger partial charge on any atom is 0.303 e. The fourth-order valence-electron chi connectivity index (χ4n) is 3.23. The Morgan fingerprint density at radius 3 is 1.87 bits per heavy atom. The van der Waals surface area contributed by atoms with E-state index in [-0.39, 0.29) is 17.7 Å². The van der Waals surface area contributed by atoms with Crippen molar-refractivity contribution in [3.8, 4) is 0 Å². The summed E-state index contributed by atoms with van der Waals surface area (Å²) in [7, 11) is 0. The first-order chi connectivity index (χ1) is 14.5. The van der Waals surface area contributed by atoms with Gasteiger partial charge in [-0.05, 0) is 6.07 Å². The number of ether oxygens (including phenoxy) is 3. The van der Waals surface area contributed by atoms with Crippen molar-refractivity contribution in [2.75, 3.05) is 0 Å². The first kappa shape index (κ1) is 24.1. The fourth-order valence-corrected chi connectivity index (χ4v) is 4.56. The van der Waals surface area contributed by atoms with Gasteiger partial charge in [-0.25, -0.2) is 0 Å². The minimum Gasteiger partial charge on any atom is -0.461 e. The van der Waals surface area contributed by atoms with Gasteiger partial charge >= 0.3 is 17.9 Å². The van der Waals surface area contributed by atoms with Crippen molar-refractivity contribution >= 4 is 41.0 Å². The lowest BCUT2D eigenvalue weighted by atomic mass is 9.91. The molecule has 0 saturated heterocycles. The van der Waals surface area contributed by atoms with E-state index in [0.29, 0.717) is 0 Å². The van der Waals surface area contributed by atoms with Crippen LogP contribution in [0.5, 0.6) is 0 Å². The largest absolute Gasteiger partial charge is 0.461 e. The van der Waals surface area contributed by atoms with Crippen LogP contribution in [0.25, 0.3) is 0 Å². The highest BCUT2D eigenvalue weighted by atomic mass is 32.2. The quantitative estimate of drug-likeness (QED) is 0.256. The SMILES string of the molecule is CC(=O)O[C@H]1C[C@@H](Sc2ccc([N+](=O)[O-])cc2[N+](=O)[O-])[C@H](OC(C)=O)C[C@H]1OC(C)=O. The molecule has 4 atom stereocenters. The molecule has 1 fully saturated rings. The van der Waals surface area contributed by atoms with E-state index in [1.165, 1.54) is 26.8 Å². The molecule has 0 N–H and O–H groups in total. The van der Waals surface area contributed by atoms with E-state index in [1.54, 1.807) is 0 Å². The van der Waals surface area contributed by atoms with E-state index in [1.807, 2.05) is 0 Å². The Bertz CT molecular complexity index is 905. The van der Waals surface area contributed by atoms with E-state index >= 15 is 0 Å². The molecular formula is C18H20N2O10S. The highest BCUT2D eigenvalue weighted by Gasteiger charge is 2.43. The van der Waals surface area contributed by atoms with E-state index < -0.39 is 62.7 Å². The number of rotatable bonds is 7. The Morgan fingerprint density at radius 2 is 1.39 bits per heavy atom. The number of hydrogen-bond acceptors (Lipinski definition) is 11. The molecule has 0 aliphatic heterocycles. The first-order valence-electron chi connectivity index (χ1n) is 9.09. The van der Waals surface area contributed by atoms with Crippen LogP contribution in [-0.2, 0) is 28.6 Å². The summed E-state index contributed by atoms with van der Waals surface area (Å²) < 4.78 is 15.8. The van der Waals surface area contributed by atoms with Gasteiger partial charge in [0, 0.05) is 39.7 Å². The van der Waals surface area contributed by atoms with Gasteiger partial charge < -0.3 is 14.2 Å². The Labute approximate surface area is 180 Å². The number of carbonyl (C=O) groups is 3. The molecule has 0 amide bonds. The summed E-state index contributed by atoms with van der Waals surface area (Å²) in [4.78, 5) is 55.5. The number of nitro benzene ring substituents is 2. The zero-order valence-corrected chi connectivity index (χ0v) is 17.7. The molecule has 1 aliphatic carbocycles. The number of carbonyl (C=O) groups excluding carboxylic acids is 3. The Hall–Kier alpha value is -3.22. The van der Waals surface area contributed by atoms with Crippen molar-refractivity contribution in [3.63, 3.8) is 0 Å². The predicted octanol–water partition coefficient (Wildman–Crippen LogP) is 2.55. The van der Waals surface area contributed by atoms with Crippen LogP contribution in [0, 0.1) is 20.2 Å². The third-order valence-electron chi connectivity index (χ3n) is 4.34. The van der Waals surface area contributed by atoms with Crippen molar-refractivity contribution in [1.29, 1.82) is 0 Å². The average molecular weight is 456 g/mol. The van der Waals surface area contributed by atoms with Crippen molar-refractivity contribution in [3.05, 3.63) is 38.4 Å². The number of thioether (sulfide) groups is 1. The number of hydrogen-bond donors (Lipinski definition) is 0. The molecule has 13 heteroatoms. The zero-order chi connectivity index (χ0) is 23.3. The number of non-ortho nitro benzene ring substituents is 1. The molecular weight excluding hydrogens is 436 g/mol. The number of nitrogens with zero attached hydrogens (tertiary/aromatic N) is 2. The molecule has 1 aliphatic rings. The molecule has 12 nitrogen and oxygen atoms in total. The summed E-state index contributed by atoms with van der Waals surface area (Å²) in [6, 6.07) is 3.21. The predicted molar refractivity (Wildman–Crippen MR) is 105 cm³/mol. The van der Waals surface area contributed by atoms with Crippen LogP contribution in [-0.4, -0.2) is 51.3 Å². The minimum absolute atomic E-state index is 0.00948. The lowest BCUT2D eigenvalue weighted by molar-refractivity contribution is -0.396. The lowest BCUT2D eigenvalue weighted by Crippen LogP contribution is -2.48. The highest BCUT2D eigenvalue weighted by molar-refractivity contribution is 8.00. The van der Waals surface area contributed by atoms with Crippen molar-refractivity contribution < 1.29 is 38.4 Å². The third kappa shape index (κ3) is 6.64. The fraction of sp³-hybridized carbons (Fsp3) is 0.500. The van der Waals surface area contributed by atoms with Crippen LogP contribution in [0.1, 0.15) is 33.6 Å². The highest BCUT2D eigenvalue weighted by Crippen LogP contribution is 2.42. The maximum atomic E-state index is 11.6. The second-order valence-electron chi connectivity index (χ2n) is 6.74. The molecule has 0 aromatic heterocycles. The van der Waals surface area contributed by atoms with Crippen LogP contribution >= 0.6 is 11.8 Å². The van der Waals surface area contributed by atoms with Gasteiger partial charge in [0.15, 0.2) is 0 Å². The minimum atomic E-state index is -0.866. The van der Waals surface area contributed by atoms with Crippen molar-refractivity contribution in [1.82, 2.24) is 0 Å². The normalized spacial score (nSPS) is 22.8. The summed E-state index contributed by atoms with van der Waals surface area (Å²) in [5.41, 5.74) is -0.920. The van der Waals surface area contributed by atoms with Gasteiger partial charge in [-0.1, -0.05) is 0 Å². The molecule has 168 valence electrons. The monoisotopic (exact) mass is 456 g/mol. The zero-order valence-electron chi connectivity index (χ0n) is 16.8. The van der Waals surface area contributed by atoms with Crippen LogP contribution in [0.2, 0.25) is 0 Å². The second kappa shape index (κ2) is 10.2. The van der Waals surface area contributed by atoms with Gasteiger partial charge in [0.05, 0.1) is 26.1 Å². The molecule has 0 spiro atoms. The topological polar surface area (TPSA) is 165 Å². The Balaban J connectivity index is 2.38. The van der Waals surface area contributed by atoms with Crippen molar-refractivity contribution in [2.45, 2.75) is 62.1 Å². The smallest absolute Gasteiger partial charge is 0.303 e. The van der Waals surface area contributed by atoms with Gasteiger partial charge in [-0.2, -0.15) is 0 Å². The maximum absolute atomic E-state index is 11.6. The summed E-state index contributed by atoms with van der Waals surface area (Å²) in [6.07, 6.45) is -2.46. The van der Waals surface area contributed by atoms with Crippen LogP contribution < -0.4 is 0 Å². The van der Waals surface area contributed by atoms with Crippen LogP contribution in [0.3, 0.4) is 0 Å². The van der Waals surface area contributed by atoms with Crippen LogP contribution in [0.15, 0.2) is 23.1 Å². The molecule has 0 radical (unpaired) electrons. The number of esters is 3. The molecule has 0 unspecified atom stereocenters. The second-order valence-corrected chi connectivity index (χ2v) is 8.02. The van der Waals surface area contributed by atoms with Crippen LogP contribution in [0.4, 0.5) is 11.4 Å². The lowest BCUT2D eigenvalue weighted by Gasteiger charge is -2.39. The standard InChI is InChI=1S/C18H20N2O10S/c1-9(21)28-14-7-16(30-11(3)23)18(8-15(14)29-10(2)22)31-17-5-4-12(19(24)25)6-13(17)20(26)27/h4-6,14-16,18H,7-8H2,1-3H3/t14-,15+,16-,18-/m1/s1. The Kier molecular flexibility index (Phi) is 7.91. The van der Waals surface area contributed by atoms with Gasteiger partial charge in [-0.3, -0.25) is 34.6 Å². The first-order valence-corrected chi connectivity index (χ1v) is 9.97. The third-order valence-corrected chi connectivity index (χ3v) is 5.74. The average Bonchev–Trinajstić information content (AvgIpc) is 2.63. The van der Waals surface area contributed by atoms with Gasteiger partial charge in [0.25, 0.3) is 11.4 Å². The molecule has 31 heavy (non-hydrogen) atoms. The molecule has 1 aromatic carbocycles. The number of benzene rings is 1. The molecule has 0 bridgehead atoms. The summed E-state index contributed by atoms with van der Waals surface area (Å²) in [5, 5.41) is 21.8. The summed E-state index contributed by atoms with van der Waals surface area (Å²) >= 11 is 0.968. The van der Waals surface area contributed by atoms with Crippen molar-refractivity contribution in [2.24, 2.45) is 0 Å². The molecule has 1 aromatic rings. The van der Waals surface area contributed by atoms with Gasteiger partial charge in [-0.15, -0.1) is 11.8 Å². The van der Waals surface area contributed by atoms with E-state index in [4.69, 9.17) is 14.2 Å². The summed E-state index contributed by atoms with van der Waals surface area (Å²) in [5.74, 6) is -1.83. The van der Waals surface area contributed by atoms with E-state index in [2.05, 4.69) is 0 Å². The van der Waals surface area contributed by atoms with E-state index in [0.717, 1.165) is 23.9 Å². The number of nitro groups is 2. The molecule has 0 heterocycles. The summed E-state index contributed by atoms with van der Waals surface area (Å²) in [6.45, 7) is 3.56. The van der Waals surface area contributed by atoms with Gasteiger partial charge in [0.2, 0.25) is 0 Å². The Morgan fingerprint density at radius 1 is 0.871 bits per heavy atom. The molecule has 1 saturated carbocycles.